The Balaban J connectivity index is 1.72. The summed E-state index contributed by atoms with van der Waals surface area (Å²) in [5, 5.41) is 3.45. The molecule has 1 amide bonds. The number of allylic oxidation sites excluding steroid dienone is 3. The van der Waals surface area contributed by atoms with E-state index >= 15 is 0 Å². The number of aromatic nitrogens is 2. The van der Waals surface area contributed by atoms with Crippen molar-refractivity contribution in [1.82, 2.24) is 14.7 Å². The number of carbonyl (C=O) groups is 1. The summed E-state index contributed by atoms with van der Waals surface area (Å²) in [4.78, 5) is 17.4. The van der Waals surface area contributed by atoms with Crippen molar-refractivity contribution in [3.63, 3.8) is 0 Å². The van der Waals surface area contributed by atoms with Gasteiger partial charge in [0.15, 0.2) is 0 Å². The van der Waals surface area contributed by atoms with Crippen LogP contribution in [0.3, 0.4) is 0 Å². The number of hydrogen-bond acceptors (Lipinski definition) is 3. The third-order valence-electron chi connectivity index (χ3n) is 4.87. The molecule has 2 aromatic heterocycles. The first-order valence-electron chi connectivity index (χ1n) is 10.3. The van der Waals surface area contributed by atoms with Crippen LogP contribution in [-0.4, -0.2) is 28.2 Å². The molecule has 0 radical (unpaired) electrons. The van der Waals surface area contributed by atoms with E-state index in [0.29, 0.717) is 28.5 Å². The summed E-state index contributed by atoms with van der Waals surface area (Å²) in [5.74, 6) is -0.541. The van der Waals surface area contributed by atoms with E-state index in [1.54, 1.807) is 34.9 Å². The lowest BCUT2D eigenvalue weighted by Gasteiger charge is -2.11. The SMILES string of the molecule is C/C=C(\C=C(/C)CNC(=O)c1c(CC)nc2cc(Cl)ccn12)c1ccc(OC(F)(F)F)cc1. The average Bonchev–Trinajstić information content (AvgIpc) is 3.13. The van der Waals surface area contributed by atoms with Crippen molar-refractivity contribution in [2.24, 2.45) is 0 Å². The molecular weight excluding hydrogens is 455 g/mol. The number of ether oxygens (including phenoxy) is 1. The molecule has 0 bridgehead atoms. The summed E-state index contributed by atoms with van der Waals surface area (Å²) in [6.07, 6.45) is 1.28. The van der Waals surface area contributed by atoms with Gasteiger partial charge >= 0.3 is 6.36 Å². The molecule has 0 aliphatic rings. The Hall–Kier alpha value is -3.26. The van der Waals surface area contributed by atoms with Gasteiger partial charge in [-0.25, -0.2) is 4.98 Å². The van der Waals surface area contributed by atoms with Crippen LogP contribution >= 0.6 is 11.6 Å². The Labute approximate surface area is 194 Å². The lowest BCUT2D eigenvalue weighted by atomic mass is 10.0. The van der Waals surface area contributed by atoms with Gasteiger partial charge in [-0.1, -0.05) is 48.4 Å². The van der Waals surface area contributed by atoms with Gasteiger partial charge < -0.3 is 10.1 Å². The quantitative estimate of drug-likeness (QED) is 0.410. The standard InChI is InChI=1S/C24H23ClF3N3O2/c1-4-16(17-6-8-19(9-7-17)33-24(26,27)28)12-15(3)14-29-23(32)22-20(5-2)30-21-13-18(25)10-11-31(21)22/h4,6-13H,5,14H2,1-3H3,(H,29,32)/b15-12+,16-4+. The number of benzene rings is 1. The number of amides is 1. The van der Waals surface area contributed by atoms with Crippen molar-refractivity contribution in [1.29, 1.82) is 0 Å². The molecule has 2 heterocycles. The first-order chi connectivity index (χ1) is 15.6. The van der Waals surface area contributed by atoms with Crippen LogP contribution in [0.4, 0.5) is 13.2 Å². The number of pyridine rings is 1. The largest absolute Gasteiger partial charge is 0.573 e. The number of imidazole rings is 1. The Morgan fingerprint density at radius 3 is 2.55 bits per heavy atom. The number of halogens is 4. The monoisotopic (exact) mass is 477 g/mol. The average molecular weight is 478 g/mol. The summed E-state index contributed by atoms with van der Waals surface area (Å²) in [5.41, 5.74) is 4.13. The van der Waals surface area contributed by atoms with E-state index < -0.39 is 6.36 Å². The van der Waals surface area contributed by atoms with Crippen LogP contribution in [0.5, 0.6) is 5.75 Å². The Morgan fingerprint density at radius 1 is 1.24 bits per heavy atom. The van der Waals surface area contributed by atoms with Gasteiger partial charge in [0.1, 0.15) is 17.1 Å². The van der Waals surface area contributed by atoms with Gasteiger partial charge in [-0.15, -0.1) is 13.2 Å². The summed E-state index contributed by atoms with van der Waals surface area (Å²) in [6.45, 7) is 5.90. The highest BCUT2D eigenvalue weighted by atomic mass is 35.5. The number of hydrogen-bond donors (Lipinski definition) is 1. The van der Waals surface area contributed by atoms with Gasteiger partial charge in [0.05, 0.1) is 5.69 Å². The van der Waals surface area contributed by atoms with Crippen LogP contribution in [0.15, 0.2) is 60.3 Å². The first-order valence-corrected chi connectivity index (χ1v) is 10.6. The minimum atomic E-state index is -4.73. The van der Waals surface area contributed by atoms with Gasteiger partial charge in [0.25, 0.3) is 5.91 Å². The number of aryl methyl sites for hydroxylation is 1. The fourth-order valence-corrected chi connectivity index (χ4v) is 3.51. The lowest BCUT2D eigenvalue weighted by Crippen LogP contribution is -2.27. The minimum Gasteiger partial charge on any atom is -0.406 e. The summed E-state index contributed by atoms with van der Waals surface area (Å²) >= 11 is 6.03. The molecule has 0 spiro atoms. The first kappa shape index (κ1) is 24.4. The van der Waals surface area contributed by atoms with Crippen LogP contribution in [0.1, 0.15) is 42.5 Å². The predicted octanol–water partition coefficient (Wildman–Crippen LogP) is 6.23. The molecule has 3 rings (SSSR count). The molecule has 0 aliphatic carbocycles. The van der Waals surface area contributed by atoms with E-state index in [4.69, 9.17) is 11.6 Å². The Kier molecular flexibility index (Phi) is 7.48. The maximum atomic E-state index is 12.9. The van der Waals surface area contributed by atoms with E-state index in [9.17, 15) is 18.0 Å². The number of carbonyl (C=O) groups excluding carboxylic acids is 1. The third kappa shape index (κ3) is 6.16. The molecule has 0 aliphatic heterocycles. The second-order valence-corrected chi connectivity index (χ2v) is 7.76. The molecule has 174 valence electrons. The van der Waals surface area contributed by atoms with E-state index in [2.05, 4.69) is 15.0 Å². The molecule has 5 nitrogen and oxygen atoms in total. The second kappa shape index (κ2) is 10.1. The highest BCUT2D eigenvalue weighted by Gasteiger charge is 2.31. The van der Waals surface area contributed by atoms with Crippen molar-refractivity contribution in [3.8, 4) is 5.75 Å². The topological polar surface area (TPSA) is 55.6 Å². The summed E-state index contributed by atoms with van der Waals surface area (Å²) < 4.78 is 42.7. The molecule has 9 heteroatoms. The smallest absolute Gasteiger partial charge is 0.406 e. The molecular formula is C24H23ClF3N3O2. The molecule has 0 atom stereocenters. The van der Waals surface area contributed by atoms with Crippen molar-refractivity contribution in [2.75, 3.05) is 6.54 Å². The highest BCUT2D eigenvalue weighted by molar-refractivity contribution is 6.30. The van der Waals surface area contributed by atoms with Crippen LogP contribution in [0, 0.1) is 0 Å². The molecule has 0 saturated carbocycles. The maximum absolute atomic E-state index is 12.9. The molecule has 0 saturated heterocycles. The molecule has 3 aromatic rings. The fourth-order valence-electron chi connectivity index (χ4n) is 3.36. The number of rotatable bonds is 7. The van der Waals surface area contributed by atoms with E-state index in [0.717, 1.165) is 16.7 Å². The van der Waals surface area contributed by atoms with Crippen molar-refractivity contribution < 1.29 is 22.7 Å². The molecule has 0 fully saturated rings. The van der Waals surface area contributed by atoms with Crippen molar-refractivity contribution >= 4 is 28.7 Å². The molecule has 1 aromatic carbocycles. The fraction of sp³-hybridized carbons (Fsp3) is 0.250. The van der Waals surface area contributed by atoms with Gasteiger partial charge in [0, 0.05) is 23.8 Å². The predicted molar refractivity (Wildman–Crippen MR) is 122 cm³/mol. The highest BCUT2D eigenvalue weighted by Crippen LogP contribution is 2.25. The molecule has 0 unspecified atom stereocenters. The third-order valence-corrected chi connectivity index (χ3v) is 5.11. The zero-order chi connectivity index (χ0) is 24.2. The maximum Gasteiger partial charge on any atom is 0.573 e. The van der Waals surface area contributed by atoms with E-state index in [-0.39, 0.29) is 18.2 Å². The number of alkyl halides is 3. The van der Waals surface area contributed by atoms with Crippen LogP contribution in [0.2, 0.25) is 5.02 Å². The Bertz CT molecular complexity index is 1210. The van der Waals surface area contributed by atoms with Crippen LogP contribution < -0.4 is 10.1 Å². The number of nitrogens with one attached hydrogen (secondary N) is 1. The number of fused-ring (bicyclic) bond motifs is 1. The van der Waals surface area contributed by atoms with Gasteiger partial charge in [-0.05, 0) is 49.6 Å². The van der Waals surface area contributed by atoms with Crippen molar-refractivity contribution in [3.05, 3.63) is 82.3 Å². The molecule has 33 heavy (non-hydrogen) atoms. The summed E-state index contributed by atoms with van der Waals surface area (Å²) in [7, 11) is 0. The van der Waals surface area contributed by atoms with Crippen LogP contribution in [0.25, 0.3) is 11.2 Å². The van der Waals surface area contributed by atoms with E-state index in [1.807, 2.05) is 32.9 Å². The second-order valence-electron chi connectivity index (χ2n) is 7.32. The lowest BCUT2D eigenvalue weighted by molar-refractivity contribution is -0.274. The zero-order valence-corrected chi connectivity index (χ0v) is 19.1. The number of nitrogens with zero attached hydrogens (tertiary/aromatic N) is 2. The van der Waals surface area contributed by atoms with Crippen LogP contribution in [-0.2, 0) is 6.42 Å². The van der Waals surface area contributed by atoms with Gasteiger partial charge in [-0.3, -0.25) is 9.20 Å². The zero-order valence-electron chi connectivity index (χ0n) is 18.3. The normalized spacial score (nSPS) is 12.8. The summed E-state index contributed by atoms with van der Waals surface area (Å²) in [6, 6.07) is 9.03. The molecule has 1 N–H and O–H groups in total. The van der Waals surface area contributed by atoms with Gasteiger partial charge in [-0.2, -0.15) is 0 Å². The Morgan fingerprint density at radius 2 is 1.94 bits per heavy atom. The van der Waals surface area contributed by atoms with E-state index in [1.165, 1.54) is 12.1 Å². The van der Waals surface area contributed by atoms with Gasteiger partial charge in [0.2, 0.25) is 0 Å². The minimum absolute atomic E-state index is 0.259. The van der Waals surface area contributed by atoms with Crippen molar-refractivity contribution in [2.45, 2.75) is 33.6 Å².